The first-order valence-corrected chi connectivity index (χ1v) is 11.5. The molecule has 7 nitrogen and oxygen atoms in total. The fourth-order valence-corrected chi connectivity index (χ4v) is 4.95. The molecule has 0 spiro atoms. The standard InChI is InChI=1S/C20H29F3N2O5S/c1-24(12-13-26)19(27)11-14-30-17-7-5-16(6-8-17)25(2)31(28,29)18-9-3-15(4-10-18)20(21,22)23/h3-4,9-10,16-17,26H,5-8,11-14H2,1-2H3. The van der Waals surface area contributed by atoms with Crippen molar-refractivity contribution in [2.75, 3.05) is 33.9 Å². The lowest BCUT2D eigenvalue weighted by Crippen LogP contribution is -2.40. The number of likely N-dealkylation sites (N-methyl/N-ethyl adjacent to an activating group) is 1. The quantitative estimate of drug-likeness (QED) is 0.604. The second-order valence-electron chi connectivity index (χ2n) is 7.63. The van der Waals surface area contributed by atoms with Crippen molar-refractivity contribution in [1.29, 1.82) is 0 Å². The van der Waals surface area contributed by atoms with Crippen LogP contribution in [0.1, 0.15) is 37.7 Å². The maximum Gasteiger partial charge on any atom is 0.416 e. The van der Waals surface area contributed by atoms with E-state index in [1.807, 2.05) is 0 Å². The first-order chi connectivity index (χ1) is 14.5. The van der Waals surface area contributed by atoms with Gasteiger partial charge >= 0.3 is 6.18 Å². The lowest BCUT2D eigenvalue weighted by atomic mass is 9.93. The van der Waals surface area contributed by atoms with Gasteiger partial charge in [-0.25, -0.2) is 8.42 Å². The number of amides is 1. The summed E-state index contributed by atoms with van der Waals surface area (Å²) < 4.78 is 70.7. The molecule has 0 heterocycles. The molecular formula is C20H29F3N2O5S. The van der Waals surface area contributed by atoms with Gasteiger partial charge in [-0.05, 0) is 49.9 Å². The summed E-state index contributed by atoms with van der Waals surface area (Å²) in [6.45, 7) is 0.420. The third kappa shape index (κ3) is 6.90. The van der Waals surface area contributed by atoms with Crippen molar-refractivity contribution in [3.63, 3.8) is 0 Å². The monoisotopic (exact) mass is 466 g/mol. The zero-order chi connectivity index (χ0) is 23.2. The van der Waals surface area contributed by atoms with E-state index in [2.05, 4.69) is 0 Å². The molecule has 2 rings (SSSR count). The molecule has 176 valence electrons. The molecule has 1 fully saturated rings. The van der Waals surface area contributed by atoms with Crippen LogP contribution >= 0.6 is 0 Å². The number of nitrogens with zero attached hydrogens (tertiary/aromatic N) is 2. The smallest absolute Gasteiger partial charge is 0.395 e. The van der Waals surface area contributed by atoms with Crippen molar-refractivity contribution in [3.8, 4) is 0 Å². The van der Waals surface area contributed by atoms with Crippen LogP contribution in [0.2, 0.25) is 0 Å². The highest BCUT2D eigenvalue weighted by Crippen LogP contribution is 2.32. The summed E-state index contributed by atoms with van der Waals surface area (Å²) in [7, 11) is -0.860. The molecule has 1 aliphatic rings. The lowest BCUT2D eigenvalue weighted by Gasteiger charge is -2.34. The van der Waals surface area contributed by atoms with E-state index in [0.717, 1.165) is 24.3 Å². The van der Waals surface area contributed by atoms with Crippen molar-refractivity contribution < 1.29 is 36.2 Å². The highest BCUT2D eigenvalue weighted by Gasteiger charge is 2.34. The number of hydrogen-bond acceptors (Lipinski definition) is 5. The molecular weight excluding hydrogens is 437 g/mol. The number of sulfonamides is 1. The van der Waals surface area contributed by atoms with Crippen LogP contribution in [0.15, 0.2) is 29.2 Å². The maximum atomic E-state index is 12.8. The zero-order valence-electron chi connectivity index (χ0n) is 17.6. The number of benzene rings is 1. The van der Waals surface area contributed by atoms with Crippen LogP contribution in [0.25, 0.3) is 0 Å². The van der Waals surface area contributed by atoms with Crippen LogP contribution in [0.5, 0.6) is 0 Å². The number of carbonyl (C=O) groups excluding carboxylic acids is 1. The highest BCUT2D eigenvalue weighted by molar-refractivity contribution is 7.89. The molecule has 0 saturated heterocycles. The molecule has 0 unspecified atom stereocenters. The number of halogens is 3. The van der Waals surface area contributed by atoms with Gasteiger partial charge in [0.2, 0.25) is 15.9 Å². The Balaban J connectivity index is 1.85. The van der Waals surface area contributed by atoms with E-state index in [9.17, 15) is 26.4 Å². The molecule has 1 aliphatic carbocycles. The van der Waals surface area contributed by atoms with Crippen molar-refractivity contribution in [3.05, 3.63) is 29.8 Å². The number of hydrogen-bond donors (Lipinski definition) is 1. The summed E-state index contributed by atoms with van der Waals surface area (Å²) in [6.07, 6.45) is -2.03. The Bertz CT molecular complexity index is 822. The Labute approximate surface area is 180 Å². The molecule has 0 radical (unpaired) electrons. The number of aliphatic hydroxyl groups excluding tert-OH is 1. The lowest BCUT2D eigenvalue weighted by molar-refractivity contribution is -0.137. The topological polar surface area (TPSA) is 87.2 Å². The van der Waals surface area contributed by atoms with E-state index in [1.54, 1.807) is 7.05 Å². The molecule has 1 saturated carbocycles. The Hall–Kier alpha value is -1.69. The molecule has 1 aromatic carbocycles. The summed E-state index contributed by atoms with van der Waals surface area (Å²) in [5, 5.41) is 8.84. The summed E-state index contributed by atoms with van der Waals surface area (Å²) in [5.74, 6) is -0.120. The minimum absolute atomic E-state index is 0.0747. The van der Waals surface area contributed by atoms with Gasteiger partial charge in [-0.15, -0.1) is 0 Å². The normalized spacial score (nSPS) is 20.1. The number of alkyl halides is 3. The van der Waals surface area contributed by atoms with Gasteiger partial charge in [-0.2, -0.15) is 17.5 Å². The van der Waals surface area contributed by atoms with Gasteiger partial charge in [0, 0.05) is 26.7 Å². The van der Waals surface area contributed by atoms with Gasteiger partial charge in [0.15, 0.2) is 0 Å². The number of aliphatic hydroxyl groups is 1. The number of ether oxygens (including phenoxy) is 1. The van der Waals surface area contributed by atoms with E-state index < -0.39 is 21.8 Å². The van der Waals surface area contributed by atoms with E-state index in [4.69, 9.17) is 9.84 Å². The van der Waals surface area contributed by atoms with Crippen LogP contribution < -0.4 is 0 Å². The van der Waals surface area contributed by atoms with Gasteiger partial charge in [0.1, 0.15) is 0 Å². The fourth-order valence-electron chi connectivity index (χ4n) is 3.53. The van der Waals surface area contributed by atoms with Crippen molar-refractivity contribution >= 4 is 15.9 Å². The molecule has 0 aromatic heterocycles. The van der Waals surface area contributed by atoms with Crippen LogP contribution in [0.3, 0.4) is 0 Å². The van der Waals surface area contributed by atoms with E-state index in [1.165, 1.54) is 16.3 Å². The molecule has 0 bridgehead atoms. The fraction of sp³-hybridized carbons (Fsp3) is 0.650. The molecule has 31 heavy (non-hydrogen) atoms. The molecule has 0 atom stereocenters. The van der Waals surface area contributed by atoms with Gasteiger partial charge in [-0.1, -0.05) is 0 Å². The van der Waals surface area contributed by atoms with Gasteiger partial charge in [0.05, 0.1) is 36.2 Å². The van der Waals surface area contributed by atoms with E-state index >= 15 is 0 Å². The second kappa shape index (κ2) is 10.8. The predicted octanol–water partition coefficient (Wildman–Crippen LogP) is 2.49. The Kier molecular flexibility index (Phi) is 8.87. The average molecular weight is 467 g/mol. The van der Waals surface area contributed by atoms with Crippen LogP contribution in [-0.2, 0) is 25.7 Å². The molecule has 1 amide bonds. The Morgan fingerprint density at radius 1 is 1.13 bits per heavy atom. The van der Waals surface area contributed by atoms with Crippen LogP contribution in [0, 0.1) is 0 Å². The minimum atomic E-state index is -4.52. The maximum absolute atomic E-state index is 12.8. The van der Waals surface area contributed by atoms with E-state index in [-0.39, 0.29) is 49.1 Å². The van der Waals surface area contributed by atoms with Crippen LogP contribution in [-0.4, -0.2) is 74.6 Å². The molecule has 1 aromatic rings. The summed E-state index contributed by atoms with van der Waals surface area (Å²) >= 11 is 0. The second-order valence-corrected chi connectivity index (χ2v) is 9.63. The summed E-state index contributed by atoms with van der Waals surface area (Å²) in [6, 6.07) is 3.22. The third-order valence-electron chi connectivity index (χ3n) is 5.55. The first kappa shape index (κ1) is 25.6. The third-order valence-corrected chi connectivity index (χ3v) is 7.47. The average Bonchev–Trinajstić information content (AvgIpc) is 2.73. The van der Waals surface area contributed by atoms with Crippen LogP contribution in [0.4, 0.5) is 13.2 Å². The van der Waals surface area contributed by atoms with Crippen molar-refractivity contribution in [2.24, 2.45) is 0 Å². The van der Waals surface area contributed by atoms with Gasteiger partial charge in [0.25, 0.3) is 0 Å². The van der Waals surface area contributed by atoms with Crippen molar-refractivity contribution in [1.82, 2.24) is 9.21 Å². The Morgan fingerprint density at radius 3 is 2.23 bits per heavy atom. The molecule has 11 heteroatoms. The Morgan fingerprint density at radius 2 is 1.71 bits per heavy atom. The minimum Gasteiger partial charge on any atom is -0.395 e. The largest absolute Gasteiger partial charge is 0.416 e. The van der Waals surface area contributed by atoms with E-state index in [0.29, 0.717) is 25.7 Å². The van der Waals surface area contributed by atoms with Crippen molar-refractivity contribution in [2.45, 2.75) is 55.3 Å². The first-order valence-electron chi connectivity index (χ1n) is 10.1. The van der Waals surface area contributed by atoms with Gasteiger partial charge in [-0.3, -0.25) is 4.79 Å². The number of carbonyl (C=O) groups is 1. The molecule has 0 aliphatic heterocycles. The zero-order valence-corrected chi connectivity index (χ0v) is 18.5. The predicted molar refractivity (Wildman–Crippen MR) is 108 cm³/mol. The molecule has 1 N–H and O–H groups in total. The van der Waals surface area contributed by atoms with Gasteiger partial charge < -0.3 is 14.7 Å². The summed E-state index contributed by atoms with van der Waals surface area (Å²) in [4.78, 5) is 13.1. The number of rotatable bonds is 9. The SMILES string of the molecule is CN(CCO)C(=O)CCOC1CCC(N(C)S(=O)(=O)c2ccc(C(F)(F)F)cc2)CC1. The highest BCUT2D eigenvalue weighted by atomic mass is 32.2. The summed E-state index contributed by atoms with van der Waals surface area (Å²) in [5.41, 5.74) is -0.896.